The van der Waals surface area contributed by atoms with E-state index in [0.29, 0.717) is 25.7 Å². The third-order valence-electron chi connectivity index (χ3n) is 2.16. The minimum Gasteiger partial charge on any atom is -0.469 e. The predicted octanol–water partition coefficient (Wildman–Crippen LogP) is 0.318. The summed E-state index contributed by atoms with van der Waals surface area (Å²) in [6, 6.07) is 0.484. The smallest absolute Gasteiger partial charge is 0.307 e. The highest BCUT2D eigenvalue weighted by Crippen LogP contribution is 2.04. The Labute approximate surface area is 78.6 Å². The van der Waals surface area contributed by atoms with Crippen LogP contribution in [0.2, 0.25) is 0 Å². The molecule has 4 heteroatoms. The molecule has 1 aliphatic rings. The fourth-order valence-corrected chi connectivity index (χ4v) is 1.38. The van der Waals surface area contributed by atoms with Crippen LogP contribution in [0.3, 0.4) is 0 Å². The molecule has 0 aromatic rings. The molecule has 0 aromatic heterocycles. The Hall–Kier alpha value is -0.610. The molecule has 1 fully saturated rings. The molecule has 1 N–H and O–H groups in total. The second kappa shape index (κ2) is 5.94. The summed E-state index contributed by atoms with van der Waals surface area (Å²) in [4.78, 5) is 10.7. The molecule has 1 atom stereocenters. The third-order valence-corrected chi connectivity index (χ3v) is 2.16. The van der Waals surface area contributed by atoms with Crippen molar-refractivity contribution in [2.24, 2.45) is 0 Å². The lowest BCUT2D eigenvalue weighted by atomic mass is 10.2. The van der Waals surface area contributed by atoms with Crippen molar-refractivity contribution in [3.8, 4) is 0 Å². The first kappa shape index (κ1) is 10.5. The fourth-order valence-electron chi connectivity index (χ4n) is 1.38. The normalized spacial score (nSPS) is 21.8. The van der Waals surface area contributed by atoms with Crippen molar-refractivity contribution < 1.29 is 14.3 Å². The van der Waals surface area contributed by atoms with Gasteiger partial charge in [-0.05, 0) is 19.4 Å². The Morgan fingerprint density at radius 2 is 2.46 bits per heavy atom. The monoisotopic (exact) mass is 187 g/mol. The summed E-state index contributed by atoms with van der Waals surface area (Å²) in [5, 5.41) is 3.32. The molecule has 1 rings (SSSR count). The van der Waals surface area contributed by atoms with Gasteiger partial charge in [0.2, 0.25) is 0 Å². The quantitative estimate of drug-likeness (QED) is 0.497. The van der Waals surface area contributed by atoms with E-state index in [1.807, 2.05) is 0 Å². The number of rotatable bonds is 5. The minimum atomic E-state index is -0.209. The number of methoxy groups -OCH3 is 1. The van der Waals surface area contributed by atoms with Gasteiger partial charge in [-0.1, -0.05) is 0 Å². The zero-order valence-electron chi connectivity index (χ0n) is 8.04. The van der Waals surface area contributed by atoms with Crippen molar-refractivity contribution in [1.82, 2.24) is 5.32 Å². The Bertz CT molecular complexity index is 155. The van der Waals surface area contributed by atoms with Gasteiger partial charge in [0.15, 0.2) is 0 Å². The molecule has 1 saturated heterocycles. The fraction of sp³-hybridized carbons (Fsp3) is 0.889. The molecule has 0 spiro atoms. The lowest BCUT2D eigenvalue weighted by molar-refractivity contribution is -0.141. The van der Waals surface area contributed by atoms with E-state index in [-0.39, 0.29) is 5.97 Å². The van der Waals surface area contributed by atoms with Crippen LogP contribution in [-0.2, 0) is 14.3 Å². The Kier molecular flexibility index (Phi) is 4.78. The Morgan fingerprint density at radius 1 is 1.62 bits per heavy atom. The van der Waals surface area contributed by atoms with Crippen molar-refractivity contribution in [2.75, 3.05) is 26.9 Å². The van der Waals surface area contributed by atoms with Gasteiger partial charge >= 0.3 is 5.97 Å². The minimum absolute atomic E-state index is 0.209. The third kappa shape index (κ3) is 4.24. The van der Waals surface area contributed by atoms with E-state index in [0.717, 1.165) is 6.54 Å². The van der Waals surface area contributed by atoms with E-state index in [4.69, 9.17) is 4.74 Å². The Balaban J connectivity index is 1.91. The number of hydrogen-bond donors (Lipinski definition) is 1. The van der Waals surface area contributed by atoms with Crippen LogP contribution in [0.1, 0.15) is 19.3 Å². The molecule has 1 heterocycles. The number of carbonyl (C=O) groups is 1. The summed E-state index contributed by atoms with van der Waals surface area (Å²) >= 11 is 0. The first-order valence-electron chi connectivity index (χ1n) is 4.71. The summed E-state index contributed by atoms with van der Waals surface area (Å²) < 4.78 is 9.81. The molecule has 0 amide bonds. The van der Waals surface area contributed by atoms with Crippen molar-refractivity contribution >= 4 is 5.97 Å². The largest absolute Gasteiger partial charge is 0.469 e. The average molecular weight is 187 g/mol. The van der Waals surface area contributed by atoms with Crippen molar-refractivity contribution in [3.63, 3.8) is 0 Å². The Morgan fingerprint density at radius 3 is 3.08 bits per heavy atom. The van der Waals surface area contributed by atoms with Crippen LogP contribution in [0.5, 0.6) is 0 Å². The summed E-state index contributed by atoms with van der Waals surface area (Å²) in [5.74, 6) is -0.209. The first-order chi connectivity index (χ1) is 6.33. The van der Waals surface area contributed by atoms with Crippen LogP contribution in [0.25, 0.3) is 0 Å². The van der Waals surface area contributed by atoms with E-state index in [1.165, 1.54) is 20.0 Å². The SMILES string of the molecule is COC(=O)CCOCC1CCCN1. The van der Waals surface area contributed by atoms with Crippen LogP contribution in [-0.4, -0.2) is 38.9 Å². The highest BCUT2D eigenvalue weighted by Gasteiger charge is 2.13. The second-order valence-corrected chi connectivity index (χ2v) is 3.19. The molecular formula is C9H17NO3. The van der Waals surface area contributed by atoms with Gasteiger partial charge in [-0.2, -0.15) is 0 Å². The van der Waals surface area contributed by atoms with Crippen molar-refractivity contribution in [2.45, 2.75) is 25.3 Å². The standard InChI is InChI=1S/C9H17NO3/c1-12-9(11)4-6-13-7-8-3-2-5-10-8/h8,10H,2-7H2,1H3. The summed E-state index contributed by atoms with van der Waals surface area (Å²) in [7, 11) is 1.39. The zero-order chi connectivity index (χ0) is 9.52. The van der Waals surface area contributed by atoms with Gasteiger partial charge in [0.1, 0.15) is 0 Å². The first-order valence-corrected chi connectivity index (χ1v) is 4.71. The molecule has 0 aromatic carbocycles. The van der Waals surface area contributed by atoms with E-state index < -0.39 is 0 Å². The van der Waals surface area contributed by atoms with E-state index in [1.54, 1.807) is 0 Å². The number of ether oxygens (including phenoxy) is 2. The lowest BCUT2D eigenvalue weighted by Gasteiger charge is -2.09. The predicted molar refractivity (Wildman–Crippen MR) is 48.5 cm³/mol. The van der Waals surface area contributed by atoms with Crippen molar-refractivity contribution in [1.29, 1.82) is 0 Å². The van der Waals surface area contributed by atoms with E-state index in [9.17, 15) is 4.79 Å². The lowest BCUT2D eigenvalue weighted by Crippen LogP contribution is -2.27. The molecule has 1 aliphatic heterocycles. The summed E-state index contributed by atoms with van der Waals surface area (Å²) in [6.07, 6.45) is 2.76. The maximum Gasteiger partial charge on any atom is 0.307 e. The van der Waals surface area contributed by atoms with E-state index in [2.05, 4.69) is 10.1 Å². The topological polar surface area (TPSA) is 47.6 Å². The molecule has 0 radical (unpaired) electrons. The second-order valence-electron chi connectivity index (χ2n) is 3.19. The van der Waals surface area contributed by atoms with Crippen LogP contribution < -0.4 is 5.32 Å². The maximum atomic E-state index is 10.7. The molecular weight excluding hydrogens is 170 g/mol. The molecule has 0 saturated carbocycles. The molecule has 76 valence electrons. The summed E-state index contributed by atoms with van der Waals surface area (Å²) in [5.41, 5.74) is 0. The number of hydrogen-bond acceptors (Lipinski definition) is 4. The van der Waals surface area contributed by atoms with Gasteiger partial charge in [0.25, 0.3) is 0 Å². The van der Waals surface area contributed by atoms with Gasteiger partial charge in [-0.3, -0.25) is 4.79 Å². The average Bonchev–Trinajstić information content (AvgIpc) is 2.64. The molecule has 13 heavy (non-hydrogen) atoms. The highest BCUT2D eigenvalue weighted by atomic mass is 16.5. The van der Waals surface area contributed by atoms with Crippen molar-refractivity contribution in [3.05, 3.63) is 0 Å². The molecule has 1 unspecified atom stereocenters. The van der Waals surface area contributed by atoms with Gasteiger partial charge in [0, 0.05) is 6.04 Å². The van der Waals surface area contributed by atoms with Crippen LogP contribution >= 0.6 is 0 Å². The number of nitrogens with one attached hydrogen (secondary N) is 1. The zero-order valence-corrected chi connectivity index (χ0v) is 8.04. The molecule has 0 aliphatic carbocycles. The number of esters is 1. The molecule has 4 nitrogen and oxygen atoms in total. The maximum absolute atomic E-state index is 10.7. The van der Waals surface area contributed by atoms with E-state index >= 15 is 0 Å². The highest BCUT2D eigenvalue weighted by molar-refractivity contribution is 5.69. The van der Waals surface area contributed by atoms with Gasteiger partial charge in [-0.25, -0.2) is 0 Å². The van der Waals surface area contributed by atoms with Crippen LogP contribution in [0, 0.1) is 0 Å². The van der Waals surface area contributed by atoms with Gasteiger partial charge in [-0.15, -0.1) is 0 Å². The van der Waals surface area contributed by atoms with Crippen LogP contribution in [0.15, 0.2) is 0 Å². The van der Waals surface area contributed by atoms with Gasteiger partial charge in [0.05, 0.1) is 26.7 Å². The van der Waals surface area contributed by atoms with Gasteiger partial charge < -0.3 is 14.8 Å². The van der Waals surface area contributed by atoms with Crippen LogP contribution in [0.4, 0.5) is 0 Å². The number of carbonyl (C=O) groups excluding carboxylic acids is 1. The molecule has 0 bridgehead atoms. The summed E-state index contributed by atoms with van der Waals surface area (Å²) in [6.45, 7) is 2.26.